The van der Waals surface area contributed by atoms with Crippen LogP contribution in [0.3, 0.4) is 0 Å². The first-order valence-electron chi connectivity index (χ1n) is 7.28. The number of halogens is 1. The molecule has 1 aromatic rings. The zero-order valence-corrected chi connectivity index (χ0v) is 12.4. The van der Waals surface area contributed by atoms with Crippen LogP contribution < -0.4 is 9.47 Å². The topological polar surface area (TPSA) is 18.5 Å². The second-order valence-corrected chi connectivity index (χ2v) is 5.48. The second-order valence-electron chi connectivity index (χ2n) is 5.21. The number of rotatable bonds is 7. The summed E-state index contributed by atoms with van der Waals surface area (Å²) in [5.74, 6) is 2.95. The van der Waals surface area contributed by atoms with E-state index >= 15 is 0 Å². The van der Waals surface area contributed by atoms with Gasteiger partial charge in [0, 0.05) is 11.6 Å². The molecule has 0 radical (unpaired) electrons. The van der Waals surface area contributed by atoms with Gasteiger partial charge >= 0.3 is 0 Å². The molecule has 0 amide bonds. The minimum absolute atomic E-state index is 0.480. The largest absolute Gasteiger partial charge is 0.493 e. The van der Waals surface area contributed by atoms with Crippen LogP contribution in [-0.2, 0) is 5.88 Å². The van der Waals surface area contributed by atoms with E-state index in [-0.39, 0.29) is 0 Å². The van der Waals surface area contributed by atoms with Crippen molar-refractivity contribution in [1.29, 1.82) is 0 Å². The Bertz CT molecular complexity index is 386. The molecule has 0 atom stereocenters. The van der Waals surface area contributed by atoms with Crippen molar-refractivity contribution in [2.45, 2.75) is 44.9 Å². The summed E-state index contributed by atoms with van der Waals surface area (Å²) in [6, 6.07) is 5.94. The van der Waals surface area contributed by atoms with Gasteiger partial charge in [0.25, 0.3) is 0 Å². The predicted molar refractivity (Wildman–Crippen MR) is 79.2 cm³/mol. The van der Waals surface area contributed by atoms with Crippen LogP contribution in [0.25, 0.3) is 0 Å². The fourth-order valence-corrected chi connectivity index (χ4v) is 2.69. The summed E-state index contributed by atoms with van der Waals surface area (Å²) in [4.78, 5) is 0. The van der Waals surface area contributed by atoms with Gasteiger partial charge in [-0.1, -0.05) is 25.8 Å². The summed E-state index contributed by atoms with van der Waals surface area (Å²) in [5, 5.41) is 0. The molecule has 1 fully saturated rings. The van der Waals surface area contributed by atoms with Crippen LogP contribution in [0.1, 0.15) is 44.6 Å². The van der Waals surface area contributed by atoms with E-state index in [0.717, 1.165) is 36.7 Å². The third-order valence-corrected chi connectivity index (χ3v) is 3.89. The molecule has 0 N–H and O–H groups in total. The Kier molecular flexibility index (Phi) is 5.84. The second kappa shape index (κ2) is 7.64. The van der Waals surface area contributed by atoms with E-state index in [1.165, 1.54) is 25.7 Å². The van der Waals surface area contributed by atoms with Crippen LogP contribution >= 0.6 is 11.6 Å². The van der Waals surface area contributed by atoms with Gasteiger partial charge in [0.05, 0.1) is 19.1 Å². The minimum Gasteiger partial charge on any atom is -0.493 e. The Morgan fingerprint density at radius 1 is 1.21 bits per heavy atom. The van der Waals surface area contributed by atoms with Gasteiger partial charge in [0.2, 0.25) is 0 Å². The van der Waals surface area contributed by atoms with E-state index in [2.05, 4.69) is 6.92 Å². The maximum absolute atomic E-state index is 5.97. The number of hydrogen-bond acceptors (Lipinski definition) is 2. The molecule has 0 unspecified atom stereocenters. The highest BCUT2D eigenvalue weighted by molar-refractivity contribution is 6.17. The van der Waals surface area contributed by atoms with Gasteiger partial charge in [-0.3, -0.25) is 0 Å². The highest BCUT2D eigenvalue weighted by atomic mass is 35.5. The Hall–Kier alpha value is -0.890. The molecule has 1 aromatic carbocycles. The average molecular weight is 283 g/mol. The first-order chi connectivity index (χ1) is 9.33. The normalized spacial score (nSPS) is 15.7. The highest BCUT2D eigenvalue weighted by Crippen LogP contribution is 2.29. The van der Waals surface area contributed by atoms with Gasteiger partial charge < -0.3 is 9.47 Å². The zero-order valence-electron chi connectivity index (χ0n) is 11.7. The molecule has 106 valence electrons. The van der Waals surface area contributed by atoms with E-state index in [9.17, 15) is 0 Å². The quantitative estimate of drug-likeness (QED) is 0.670. The minimum atomic E-state index is 0.480. The lowest BCUT2D eigenvalue weighted by atomic mass is 10.1. The molecule has 19 heavy (non-hydrogen) atoms. The van der Waals surface area contributed by atoms with E-state index in [1.54, 1.807) is 0 Å². The molecule has 1 saturated carbocycles. The summed E-state index contributed by atoms with van der Waals surface area (Å²) in [5.41, 5.74) is 1.04. The van der Waals surface area contributed by atoms with Crippen LogP contribution in [0.15, 0.2) is 18.2 Å². The van der Waals surface area contributed by atoms with Crippen LogP contribution in [0, 0.1) is 5.92 Å². The highest BCUT2D eigenvalue weighted by Gasteiger charge is 2.16. The summed E-state index contributed by atoms with van der Waals surface area (Å²) in [6.07, 6.45) is 6.28. The van der Waals surface area contributed by atoms with Crippen molar-refractivity contribution in [2.75, 3.05) is 13.2 Å². The van der Waals surface area contributed by atoms with Crippen molar-refractivity contribution in [3.63, 3.8) is 0 Å². The van der Waals surface area contributed by atoms with Gasteiger partial charge in [-0.05, 0) is 31.2 Å². The Labute approximate surface area is 121 Å². The molecule has 0 heterocycles. The van der Waals surface area contributed by atoms with E-state index < -0.39 is 0 Å². The molecule has 3 heteroatoms. The molecular weight excluding hydrogens is 260 g/mol. The molecule has 2 rings (SSSR count). The smallest absolute Gasteiger partial charge is 0.127 e. The SMILES string of the molecule is CCCOc1ccc(CCl)c(OCC2CCCC2)c1. The van der Waals surface area contributed by atoms with Gasteiger partial charge in [0.15, 0.2) is 0 Å². The third kappa shape index (κ3) is 4.31. The van der Waals surface area contributed by atoms with Crippen molar-refractivity contribution >= 4 is 11.6 Å². The van der Waals surface area contributed by atoms with E-state index in [1.807, 2.05) is 18.2 Å². The lowest BCUT2D eigenvalue weighted by Gasteiger charge is -2.15. The summed E-state index contributed by atoms with van der Waals surface area (Å²) < 4.78 is 11.6. The van der Waals surface area contributed by atoms with Gasteiger partial charge in [-0.2, -0.15) is 0 Å². The van der Waals surface area contributed by atoms with Crippen LogP contribution in [0.4, 0.5) is 0 Å². The van der Waals surface area contributed by atoms with Crippen LogP contribution in [-0.4, -0.2) is 13.2 Å². The van der Waals surface area contributed by atoms with Crippen LogP contribution in [0.5, 0.6) is 11.5 Å². The fraction of sp³-hybridized carbons (Fsp3) is 0.625. The molecular formula is C16H23ClO2. The number of benzene rings is 1. The van der Waals surface area contributed by atoms with Crippen molar-refractivity contribution in [2.24, 2.45) is 5.92 Å². The molecule has 0 bridgehead atoms. The summed E-state index contributed by atoms with van der Waals surface area (Å²) >= 11 is 5.96. The van der Waals surface area contributed by atoms with Gasteiger partial charge in [-0.25, -0.2) is 0 Å². The average Bonchev–Trinajstić information content (AvgIpc) is 2.96. The maximum atomic E-state index is 5.97. The maximum Gasteiger partial charge on any atom is 0.127 e. The van der Waals surface area contributed by atoms with Crippen molar-refractivity contribution < 1.29 is 9.47 Å². The summed E-state index contributed by atoms with van der Waals surface area (Å²) in [7, 11) is 0. The van der Waals surface area contributed by atoms with Crippen LogP contribution in [0.2, 0.25) is 0 Å². The Morgan fingerprint density at radius 2 is 2.00 bits per heavy atom. The van der Waals surface area contributed by atoms with Crippen molar-refractivity contribution in [3.05, 3.63) is 23.8 Å². The molecule has 0 spiro atoms. The standard InChI is InChI=1S/C16H23ClO2/c1-2-9-18-15-8-7-14(11-17)16(10-15)19-12-13-5-3-4-6-13/h7-8,10,13H,2-6,9,11-12H2,1H3. The van der Waals surface area contributed by atoms with E-state index in [0.29, 0.717) is 11.8 Å². The fourth-order valence-electron chi connectivity index (χ4n) is 2.47. The zero-order chi connectivity index (χ0) is 13.5. The number of hydrogen-bond donors (Lipinski definition) is 0. The van der Waals surface area contributed by atoms with Crippen molar-refractivity contribution in [1.82, 2.24) is 0 Å². The lowest BCUT2D eigenvalue weighted by Crippen LogP contribution is -2.09. The Morgan fingerprint density at radius 3 is 2.68 bits per heavy atom. The number of alkyl halides is 1. The molecule has 1 aliphatic carbocycles. The molecule has 0 saturated heterocycles. The summed E-state index contributed by atoms with van der Waals surface area (Å²) in [6.45, 7) is 3.65. The van der Waals surface area contributed by atoms with Crippen molar-refractivity contribution in [3.8, 4) is 11.5 Å². The molecule has 1 aliphatic rings. The predicted octanol–water partition coefficient (Wildman–Crippen LogP) is 4.78. The van der Waals surface area contributed by atoms with Gasteiger partial charge in [-0.15, -0.1) is 11.6 Å². The van der Waals surface area contributed by atoms with E-state index in [4.69, 9.17) is 21.1 Å². The number of ether oxygens (including phenoxy) is 2. The van der Waals surface area contributed by atoms with Gasteiger partial charge in [0.1, 0.15) is 11.5 Å². The molecule has 0 aromatic heterocycles. The molecule has 0 aliphatic heterocycles. The first-order valence-corrected chi connectivity index (χ1v) is 7.81. The monoisotopic (exact) mass is 282 g/mol. The lowest BCUT2D eigenvalue weighted by molar-refractivity contribution is 0.248. The Balaban J connectivity index is 1.98. The first kappa shape index (κ1) is 14.5. The molecule has 2 nitrogen and oxygen atoms in total. The third-order valence-electron chi connectivity index (χ3n) is 3.60.